The molecule has 2 aromatic rings. The zero-order valence-electron chi connectivity index (χ0n) is 17.8. The number of nitrogens with zero attached hydrogens (tertiary/aromatic N) is 4. The van der Waals surface area contributed by atoms with Crippen LogP contribution in [0.15, 0.2) is 30.5 Å². The van der Waals surface area contributed by atoms with Gasteiger partial charge in [-0.05, 0) is 37.6 Å². The molecule has 2 saturated heterocycles. The standard InChI is InChI=1S/C22H29ClN6O2/c1-28-8-10-29(11-9-28)20(30)13-16-4-6-17(7-5-16)26-22-25-15-19(23)21(27-22)24-14-18-3-2-12-31-18/h4-7,15,18H,2-3,8-14H2,1H3,(H2,24,25,26,27). The van der Waals surface area contributed by atoms with Gasteiger partial charge < -0.3 is 25.2 Å². The van der Waals surface area contributed by atoms with Gasteiger partial charge in [-0.2, -0.15) is 4.98 Å². The van der Waals surface area contributed by atoms with E-state index in [2.05, 4.69) is 32.5 Å². The fourth-order valence-corrected chi connectivity index (χ4v) is 3.90. The summed E-state index contributed by atoms with van der Waals surface area (Å²) >= 11 is 6.23. The molecule has 1 aromatic carbocycles. The number of benzene rings is 1. The van der Waals surface area contributed by atoms with Gasteiger partial charge >= 0.3 is 0 Å². The second-order valence-electron chi connectivity index (χ2n) is 8.09. The molecule has 2 aliphatic rings. The Bertz CT molecular complexity index is 880. The summed E-state index contributed by atoms with van der Waals surface area (Å²) in [5.74, 6) is 1.22. The predicted molar refractivity (Wildman–Crippen MR) is 122 cm³/mol. The molecule has 2 fully saturated rings. The number of likely N-dealkylation sites (N-methyl/N-ethyl adjacent to an activating group) is 1. The smallest absolute Gasteiger partial charge is 0.229 e. The van der Waals surface area contributed by atoms with Crippen LogP contribution < -0.4 is 10.6 Å². The summed E-state index contributed by atoms with van der Waals surface area (Å²) in [5, 5.41) is 6.92. The average Bonchev–Trinajstić information content (AvgIpc) is 3.29. The van der Waals surface area contributed by atoms with Crippen LogP contribution in [0.1, 0.15) is 18.4 Å². The molecular weight excluding hydrogens is 416 g/mol. The number of halogens is 1. The van der Waals surface area contributed by atoms with Crippen molar-refractivity contribution in [1.82, 2.24) is 19.8 Å². The Balaban J connectivity index is 1.32. The molecule has 8 nitrogen and oxygen atoms in total. The van der Waals surface area contributed by atoms with Crippen LogP contribution in [0.4, 0.5) is 17.5 Å². The molecule has 3 heterocycles. The number of carbonyl (C=O) groups is 1. The van der Waals surface area contributed by atoms with Crippen molar-refractivity contribution in [2.24, 2.45) is 0 Å². The normalized spacial score (nSPS) is 19.4. The largest absolute Gasteiger partial charge is 0.376 e. The third-order valence-corrected chi connectivity index (χ3v) is 5.96. The van der Waals surface area contributed by atoms with Crippen LogP contribution in [0, 0.1) is 0 Å². The maximum absolute atomic E-state index is 12.5. The van der Waals surface area contributed by atoms with E-state index >= 15 is 0 Å². The molecule has 31 heavy (non-hydrogen) atoms. The number of ether oxygens (including phenoxy) is 1. The summed E-state index contributed by atoms with van der Waals surface area (Å²) in [4.78, 5) is 25.4. The molecule has 1 atom stereocenters. The van der Waals surface area contributed by atoms with E-state index in [0.29, 0.717) is 29.8 Å². The molecule has 0 bridgehead atoms. The van der Waals surface area contributed by atoms with Gasteiger partial charge in [-0.1, -0.05) is 23.7 Å². The number of amides is 1. The third-order valence-electron chi connectivity index (χ3n) is 5.69. The zero-order chi connectivity index (χ0) is 21.6. The van der Waals surface area contributed by atoms with E-state index in [1.807, 2.05) is 29.2 Å². The molecule has 0 radical (unpaired) electrons. The summed E-state index contributed by atoms with van der Waals surface area (Å²) in [7, 11) is 2.08. The SMILES string of the molecule is CN1CCN(C(=O)Cc2ccc(Nc3ncc(Cl)c(NCC4CCCO4)n3)cc2)CC1. The van der Waals surface area contributed by atoms with Crippen LogP contribution in [-0.2, 0) is 16.0 Å². The van der Waals surface area contributed by atoms with Gasteiger partial charge in [0.2, 0.25) is 11.9 Å². The van der Waals surface area contributed by atoms with Gasteiger partial charge in [0, 0.05) is 45.0 Å². The minimum absolute atomic E-state index is 0.178. The Hall–Kier alpha value is -2.42. The van der Waals surface area contributed by atoms with Crippen molar-refractivity contribution in [3.8, 4) is 0 Å². The molecule has 2 aliphatic heterocycles. The number of nitrogens with one attached hydrogen (secondary N) is 2. The minimum atomic E-state index is 0.178. The topological polar surface area (TPSA) is 82.6 Å². The molecule has 2 N–H and O–H groups in total. The molecule has 0 aliphatic carbocycles. The van der Waals surface area contributed by atoms with Crippen molar-refractivity contribution in [2.75, 3.05) is 57.0 Å². The third kappa shape index (κ3) is 6.06. The van der Waals surface area contributed by atoms with E-state index in [9.17, 15) is 4.79 Å². The highest BCUT2D eigenvalue weighted by molar-refractivity contribution is 6.32. The van der Waals surface area contributed by atoms with Crippen molar-refractivity contribution >= 4 is 35.0 Å². The minimum Gasteiger partial charge on any atom is -0.376 e. The molecule has 1 aromatic heterocycles. The first kappa shape index (κ1) is 21.8. The second kappa shape index (κ2) is 10.3. The van der Waals surface area contributed by atoms with Gasteiger partial charge in [0.15, 0.2) is 5.82 Å². The van der Waals surface area contributed by atoms with Crippen LogP contribution in [0.5, 0.6) is 0 Å². The Kier molecular flexibility index (Phi) is 7.21. The quantitative estimate of drug-likeness (QED) is 0.679. The van der Waals surface area contributed by atoms with Gasteiger partial charge in [-0.15, -0.1) is 0 Å². The number of anilines is 3. The van der Waals surface area contributed by atoms with Crippen molar-refractivity contribution < 1.29 is 9.53 Å². The van der Waals surface area contributed by atoms with E-state index in [-0.39, 0.29) is 12.0 Å². The van der Waals surface area contributed by atoms with Crippen LogP contribution in [0.25, 0.3) is 0 Å². The highest BCUT2D eigenvalue weighted by Crippen LogP contribution is 2.23. The van der Waals surface area contributed by atoms with Crippen LogP contribution in [0.3, 0.4) is 0 Å². The van der Waals surface area contributed by atoms with Gasteiger partial charge in [-0.3, -0.25) is 4.79 Å². The van der Waals surface area contributed by atoms with E-state index in [1.54, 1.807) is 6.20 Å². The number of hydrogen-bond acceptors (Lipinski definition) is 7. The second-order valence-corrected chi connectivity index (χ2v) is 8.50. The van der Waals surface area contributed by atoms with Gasteiger partial charge in [0.25, 0.3) is 0 Å². The first-order chi connectivity index (χ1) is 15.1. The first-order valence-corrected chi connectivity index (χ1v) is 11.1. The highest BCUT2D eigenvalue weighted by Gasteiger charge is 2.19. The number of carbonyl (C=O) groups excluding carboxylic acids is 1. The van der Waals surface area contributed by atoms with Gasteiger partial charge in [-0.25, -0.2) is 4.98 Å². The maximum Gasteiger partial charge on any atom is 0.229 e. The molecular formula is C22H29ClN6O2. The summed E-state index contributed by atoms with van der Waals surface area (Å²) in [6.45, 7) is 4.94. The Morgan fingerprint density at radius 1 is 1.23 bits per heavy atom. The summed E-state index contributed by atoms with van der Waals surface area (Å²) in [5.41, 5.74) is 1.84. The van der Waals surface area contributed by atoms with Crippen molar-refractivity contribution in [1.29, 1.82) is 0 Å². The highest BCUT2D eigenvalue weighted by atomic mass is 35.5. The van der Waals surface area contributed by atoms with Gasteiger partial charge in [0.1, 0.15) is 5.02 Å². The fraction of sp³-hybridized carbons (Fsp3) is 0.500. The van der Waals surface area contributed by atoms with Crippen LogP contribution >= 0.6 is 11.6 Å². The van der Waals surface area contributed by atoms with E-state index in [4.69, 9.17) is 16.3 Å². The number of rotatable bonds is 7. The average molecular weight is 445 g/mol. The number of aromatic nitrogens is 2. The summed E-state index contributed by atoms with van der Waals surface area (Å²) in [6.07, 6.45) is 4.33. The molecule has 1 unspecified atom stereocenters. The number of piperazine rings is 1. The Labute approximate surface area is 187 Å². The summed E-state index contributed by atoms with van der Waals surface area (Å²) < 4.78 is 5.63. The molecule has 9 heteroatoms. The molecule has 1 amide bonds. The molecule has 0 spiro atoms. The van der Waals surface area contributed by atoms with E-state index in [0.717, 1.165) is 56.9 Å². The monoisotopic (exact) mass is 444 g/mol. The lowest BCUT2D eigenvalue weighted by molar-refractivity contribution is -0.132. The van der Waals surface area contributed by atoms with E-state index in [1.165, 1.54) is 0 Å². The molecule has 0 saturated carbocycles. The van der Waals surface area contributed by atoms with E-state index < -0.39 is 0 Å². The maximum atomic E-state index is 12.5. The van der Waals surface area contributed by atoms with Crippen LogP contribution in [0.2, 0.25) is 5.02 Å². The Morgan fingerprint density at radius 3 is 2.71 bits per heavy atom. The summed E-state index contributed by atoms with van der Waals surface area (Å²) in [6, 6.07) is 7.79. The fourth-order valence-electron chi connectivity index (χ4n) is 3.74. The lowest BCUT2D eigenvalue weighted by Crippen LogP contribution is -2.47. The zero-order valence-corrected chi connectivity index (χ0v) is 18.6. The van der Waals surface area contributed by atoms with Crippen molar-refractivity contribution in [3.63, 3.8) is 0 Å². The predicted octanol–water partition coefficient (Wildman–Crippen LogP) is 2.78. The Morgan fingerprint density at radius 2 is 2.00 bits per heavy atom. The van der Waals surface area contributed by atoms with Crippen molar-refractivity contribution in [2.45, 2.75) is 25.4 Å². The number of hydrogen-bond donors (Lipinski definition) is 2. The lowest BCUT2D eigenvalue weighted by atomic mass is 10.1. The first-order valence-electron chi connectivity index (χ1n) is 10.8. The lowest BCUT2D eigenvalue weighted by Gasteiger charge is -2.32. The van der Waals surface area contributed by atoms with Crippen molar-refractivity contribution in [3.05, 3.63) is 41.0 Å². The molecule has 4 rings (SSSR count). The van der Waals surface area contributed by atoms with Gasteiger partial charge in [0.05, 0.1) is 18.7 Å². The molecule has 166 valence electrons. The van der Waals surface area contributed by atoms with Crippen LogP contribution in [-0.4, -0.2) is 78.2 Å².